The fourth-order valence-electron chi connectivity index (χ4n) is 1.38. The van der Waals surface area contributed by atoms with Gasteiger partial charge >= 0.3 is 0 Å². The molecule has 0 fully saturated rings. The van der Waals surface area contributed by atoms with E-state index in [-0.39, 0.29) is 0 Å². The number of hydrogen-bond donors (Lipinski definition) is 0. The molecule has 0 saturated heterocycles. The molecule has 0 unspecified atom stereocenters. The molecule has 0 spiro atoms. The first-order valence-electron chi connectivity index (χ1n) is 5.80. The zero-order valence-corrected chi connectivity index (χ0v) is 9.49. The van der Waals surface area contributed by atoms with Gasteiger partial charge in [-0.25, -0.2) is 0 Å². The summed E-state index contributed by atoms with van der Waals surface area (Å²) in [5, 5.41) is 0. The lowest BCUT2D eigenvalue weighted by atomic mass is 10.1. The summed E-state index contributed by atoms with van der Waals surface area (Å²) in [4.78, 5) is 0. The molecule has 0 aliphatic rings. The molecule has 1 aromatic carbocycles. The molecule has 1 nitrogen and oxygen atoms in total. The Hall–Kier alpha value is -1.24. The van der Waals surface area contributed by atoms with Crippen molar-refractivity contribution in [3.63, 3.8) is 0 Å². The first kappa shape index (κ1) is 11.8. The summed E-state index contributed by atoms with van der Waals surface area (Å²) in [5.74, 6) is 0.905. The summed E-state index contributed by atoms with van der Waals surface area (Å²) in [7, 11) is 0. The van der Waals surface area contributed by atoms with Crippen molar-refractivity contribution in [3.8, 4) is 5.75 Å². The standard InChI is InChI=1S/C14H20O/c1-2-3-4-5-6-10-13-15-14-11-8-7-9-12-14/h7-13H,2-6H2,1H3. The predicted molar refractivity (Wildman–Crippen MR) is 65.0 cm³/mol. The lowest BCUT2D eigenvalue weighted by Gasteiger charge is -1.98. The summed E-state index contributed by atoms with van der Waals surface area (Å²) >= 11 is 0. The molecule has 82 valence electrons. The van der Waals surface area contributed by atoms with E-state index in [0.29, 0.717) is 0 Å². The third-order valence-electron chi connectivity index (χ3n) is 2.27. The largest absolute Gasteiger partial charge is 0.465 e. The number of benzene rings is 1. The van der Waals surface area contributed by atoms with E-state index >= 15 is 0 Å². The summed E-state index contributed by atoms with van der Waals surface area (Å²) in [5.41, 5.74) is 0. The van der Waals surface area contributed by atoms with Gasteiger partial charge in [0, 0.05) is 0 Å². The van der Waals surface area contributed by atoms with Gasteiger partial charge in [-0.15, -0.1) is 0 Å². The Balaban J connectivity index is 2.07. The Bertz CT molecular complexity index is 264. The molecule has 0 amide bonds. The number of hydrogen-bond acceptors (Lipinski definition) is 1. The molecule has 0 heterocycles. The topological polar surface area (TPSA) is 9.23 Å². The summed E-state index contributed by atoms with van der Waals surface area (Å²) < 4.78 is 5.43. The van der Waals surface area contributed by atoms with Crippen molar-refractivity contribution in [2.75, 3.05) is 0 Å². The van der Waals surface area contributed by atoms with Gasteiger partial charge in [0.25, 0.3) is 0 Å². The highest BCUT2D eigenvalue weighted by Crippen LogP contribution is 2.09. The Labute approximate surface area is 92.8 Å². The van der Waals surface area contributed by atoms with Gasteiger partial charge < -0.3 is 4.74 Å². The lowest BCUT2D eigenvalue weighted by Crippen LogP contribution is -1.81. The van der Waals surface area contributed by atoms with E-state index in [9.17, 15) is 0 Å². The van der Waals surface area contributed by atoms with E-state index < -0.39 is 0 Å². The number of ether oxygens (including phenoxy) is 1. The molecule has 0 N–H and O–H groups in total. The highest BCUT2D eigenvalue weighted by Gasteiger charge is 1.86. The minimum Gasteiger partial charge on any atom is -0.465 e. The van der Waals surface area contributed by atoms with Crippen molar-refractivity contribution in [2.45, 2.75) is 39.0 Å². The van der Waals surface area contributed by atoms with Gasteiger partial charge in [0.05, 0.1) is 6.26 Å². The average molecular weight is 204 g/mol. The minimum atomic E-state index is 0.905. The van der Waals surface area contributed by atoms with E-state index in [1.54, 1.807) is 6.26 Å². The van der Waals surface area contributed by atoms with E-state index in [1.165, 1.54) is 25.7 Å². The first-order chi connectivity index (χ1) is 7.43. The molecule has 1 rings (SSSR count). The van der Waals surface area contributed by atoms with Crippen LogP contribution in [0.5, 0.6) is 5.75 Å². The van der Waals surface area contributed by atoms with Crippen LogP contribution in [-0.2, 0) is 0 Å². The van der Waals surface area contributed by atoms with Crippen LogP contribution in [0.4, 0.5) is 0 Å². The van der Waals surface area contributed by atoms with Gasteiger partial charge in [0.1, 0.15) is 5.75 Å². The Morgan fingerprint density at radius 1 is 1.07 bits per heavy atom. The SMILES string of the molecule is CCCCCCC=COc1ccccc1. The van der Waals surface area contributed by atoms with Gasteiger partial charge in [0.2, 0.25) is 0 Å². The highest BCUT2D eigenvalue weighted by atomic mass is 16.5. The van der Waals surface area contributed by atoms with E-state index in [1.807, 2.05) is 30.3 Å². The molecule has 1 heteroatoms. The molecule has 1 aromatic rings. The van der Waals surface area contributed by atoms with Crippen LogP contribution in [0, 0.1) is 0 Å². The molecule has 0 saturated carbocycles. The van der Waals surface area contributed by atoms with Crippen LogP contribution in [-0.4, -0.2) is 0 Å². The van der Waals surface area contributed by atoms with E-state index in [0.717, 1.165) is 12.2 Å². The van der Waals surface area contributed by atoms with Crippen LogP contribution in [0.25, 0.3) is 0 Å². The maximum absolute atomic E-state index is 5.43. The third kappa shape index (κ3) is 5.95. The van der Waals surface area contributed by atoms with Crippen molar-refractivity contribution in [3.05, 3.63) is 42.7 Å². The molecule has 0 aromatic heterocycles. The van der Waals surface area contributed by atoms with E-state index in [2.05, 4.69) is 13.0 Å². The Morgan fingerprint density at radius 2 is 1.87 bits per heavy atom. The van der Waals surface area contributed by atoms with Gasteiger partial charge in [-0.1, -0.05) is 44.4 Å². The Morgan fingerprint density at radius 3 is 2.60 bits per heavy atom. The monoisotopic (exact) mass is 204 g/mol. The van der Waals surface area contributed by atoms with Crippen molar-refractivity contribution in [1.29, 1.82) is 0 Å². The molecule has 0 radical (unpaired) electrons. The molecule has 0 aliphatic heterocycles. The maximum Gasteiger partial charge on any atom is 0.126 e. The second-order valence-corrected chi connectivity index (χ2v) is 3.65. The zero-order valence-electron chi connectivity index (χ0n) is 9.49. The van der Waals surface area contributed by atoms with Gasteiger partial charge in [-0.3, -0.25) is 0 Å². The van der Waals surface area contributed by atoms with Crippen LogP contribution in [0.3, 0.4) is 0 Å². The molecule has 15 heavy (non-hydrogen) atoms. The second kappa shape index (κ2) is 8.10. The fraction of sp³-hybridized carbons (Fsp3) is 0.429. The third-order valence-corrected chi connectivity index (χ3v) is 2.27. The smallest absolute Gasteiger partial charge is 0.126 e. The fourth-order valence-corrected chi connectivity index (χ4v) is 1.38. The average Bonchev–Trinajstić information content (AvgIpc) is 2.29. The minimum absolute atomic E-state index is 0.905. The van der Waals surface area contributed by atoms with Crippen LogP contribution in [0.2, 0.25) is 0 Å². The normalized spacial score (nSPS) is 10.7. The highest BCUT2D eigenvalue weighted by molar-refractivity contribution is 5.21. The Kier molecular flexibility index (Phi) is 6.39. The van der Waals surface area contributed by atoms with Gasteiger partial charge in [-0.2, -0.15) is 0 Å². The lowest BCUT2D eigenvalue weighted by molar-refractivity contribution is 0.477. The van der Waals surface area contributed by atoms with Gasteiger partial charge in [0.15, 0.2) is 0 Å². The van der Waals surface area contributed by atoms with E-state index in [4.69, 9.17) is 4.74 Å². The van der Waals surface area contributed by atoms with Crippen molar-refractivity contribution in [2.24, 2.45) is 0 Å². The number of allylic oxidation sites excluding steroid dienone is 1. The molecule has 0 atom stereocenters. The maximum atomic E-state index is 5.43. The summed E-state index contributed by atoms with van der Waals surface area (Å²) in [6.45, 7) is 2.23. The second-order valence-electron chi connectivity index (χ2n) is 3.65. The molecular formula is C14H20O. The van der Waals surface area contributed by atoms with Crippen LogP contribution in [0.1, 0.15) is 39.0 Å². The predicted octanol–water partition coefficient (Wildman–Crippen LogP) is 4.55. The van der Waals surface area contributed by atoms with Gasteiger partial charge in [-0.05, 0) is 31.1 Å². The number of para-hydroxylation sites is 1. The van der Waals surface area contributed by atoms with Crippen molar-refractivity contribution >= 4 is 0 Å². The van der Waals surface area contributed by atoms with Crippen LogP contribution < -0.4 is 4.74 Å². The summed E-state index contributed by atoms with van der Waals surface area (Å²) in [6.07, 6.45) is 10.2. The van der Waals surface area contributed by atoms with Crippen LogP contribution >= 0.6 is 0 Å². The van der Waals surface area contributed by atoms with Crippen molar-refractivity contribution in [1.82, 2.24) is 0 Å². The quantitative estimate of drug-likeness (QED) is 0.467. The molecule has 0 bridgehead atoms. The number of rotatable bonds is 7. The molecular weight excluding hydrogens is 184 g/mol. The summed E-state index contributed by atoms with van der Waals surface area (Å²) in [6, 6.07) is 9.86. The van der Waals surface area contributed by atoms with Crippen molar-refractivity contribution < 1.29 is 4.74 Å². The molecule has 0 aliphatic carbocycles. The zero-order chi connectivity index (χ0) is 10.8. The first-order valence-corrected chi connectivity index (χ1v) is 5.80. The number of unbranched alkanes of at least 4 members (excludes halogenated alkanes) is 4. The van der Waals surface area contributed by atoms with Crippen LogP contribution in [0.15, 0.2) is 42.7 Å².